The van der Waals surface area contributed by atoms with Crippen LogP contribution >= 0.6 is 0 Å². The molecule has 116 valence electrons. The fraction of sp³-hybridized carbons (Fsp3) is 0.400. The Labute approximate surface area is 211 Å². The van der Waals surface area contributed by atoms with Crippen LogP contribution in [0.25, 0.3) is 0 Å². The number of nitrogens with zero attached hydrogens (tertiary/aromatic N) is 2. The zero-order valence-corrected chi connectivity index (χ0v) is 10.3. The number of hydrogen-bond acceptors (Lipinski definition) is 6. The molecule has 0 aliphatic heterocycles. The molecule has 0 amide bonds. The molecule has 0 heterocycles. The number of carboxylic acids is 4. The van der Waals surface area contributed by atoms with Gasteiger partial charge in [-0.3, -0.25) is 19.2 Å². The first-order valence-electron chi connectivity index (χ1n) is 5.24. The Balaban J connectivity index is -0.00000180. The third kappa shape index (κ3) is 16.9. The Bertz CT molecular complexity index is 359. The fourth-order valence-corrected chi connectivity index (χ4v) is 1.21. The Morgan fingerprint density at radius 2 is 0.773 bits per heavy atom. The van der Waals surface area contributed by atoms with Crippen molar-refractivity contribution in [2.24, 2.45) is 0 Å². The second kappa shape index (κ2) is 15.0. The number of aliphatic carboxylic acids is 4. The summed E-state index contributed by atoms with van der Waals surface area (Å²) >= 11 is 0. The van der Waals surface area contributed by atoms with E-state index in [4.69, 9.17) is 20.4 Å². The van der Waals surface area contributed by atoms with Crippen molar-refractivity contribution in [2.45, 2.75) is 0 Å². The summed E-state index contributed by atoms with van der Waals surface area (Å²) in [6.07, 6.45) is 2.04. The third-order valence-corrected chi connectivity index (χ3v) is 1.84. The van der Waals surface area contributed by atoms with E-state index in [9.17, 15) is 19.2 Å². The van der Waals surface area contributed by atoms with E-state index in [2.05, 4.69) is 0 Å². The van der Waals surface area contributed by atoms with Gasteiger partial charge in [-0.1, -0.05) is 0 Å². The van der Waals surface area contributed by atoms with E-state index in [1.807, 2.05) is 0 Å². The molecular weight excluding hydrogens is 354 g/mol. The minimum atomic E-state index is -1.28. The number of hydrogen-bond donors (Lipinski definition) is 4. The van der Waals surface area contributed by atoms with Crippen LogP contribution in [0.1, 0.15) is 0 Å². The van der Waals surface area contributed by atoms with Gasteiger partial charge in [0.15, 0.2) is 0 Å². The van der Waals surface area contributed by atoms with Crippen LogP contribution in [0.2, 0.25) is 0 Å². The van der Waals surface area contributed by atoms with Gasteiger partial charge in [0.25, 0.3) is 0 Å². The predicted octanol–water partition coefficient (Wildman–Crippen LogP) is -2.90. The van der Waals surface area contributed by atoms with Crippen molar-refractivity contribution in [1.29, 1.82) is 0 Å². The summed E-state index contributed by atoms with van der Waals surface area (Å²) in [6, 6.07) is 0. The molecule has 0 spiro atoms. The van der Waals surface area contributed by atoms with Crippen LogP contribution in [0.3, 0.4) is 0 Å². The molecule has 0 aromatic rings. The van der Waals surface area contributed by atoms with E-state index >= 15 is 0 Å². The molecule has 0 aliphatic carbocycles. The molecule has 0 aromatic heterocycles. The first-order valence-corrected chi connectivity index (χ1v) is 5.24. The van der Waals surface area contributed by atoms with Gasteiger partial charge in [0.2, 0.25) is 0 Å². The van der Waals surface area contributed by atoms with Gasteiger partial charge in [0.05, 0.1) is 0 Å². The summed E-state index contributed by atoms with van der Waals surface area (Å²) in [5, 5.41) is 34.3. The van der Waals surface area contributed by atoms with E-state index in [1.165, 1.54) is 0 Å². The molecule has 0 aromatic carbocycles. The van der Waals surface area contributed by atoms with Crippen molar-refractivity contribution in [3.63, 3.8) is 0 Å². The summed E-state index contributed by atoms with van der Waals surface area (Å²) in [5.74, 6) is -5.12. The van der Waals surface area contributed by atoms with Gasteiger partial charge in [-0.25, -0.2) is 0 Å². The Hall–Kier alpha value is 0.493. The van der Waals surface area contributed by atoms with Crippen LogP contribution in [-0.4, -0.2) is 183 Å². The van der Waals surface area contributed by atoms with Crippen molar-refractivity contribution in [2.75, 3.05) is 26.2 Å². The first kappa shape index (κ1) is 27.3. The van der Waals surface area contributed by atoms with Gasteiger partial charge >= 0.3 is 127 Å². The molecule has 0 aliphatic rings. The fourth-order valence-electron chi connectivity index (χ4n) is 1.21. The van der Waals surface area contributed by atoms with E-state index in [-0.39, 0.29) is 103 Å². The Morgan fingerprint density at radius 1 is 0.591 bits per heavy atom. The van der Waals surface area contributed by atoms with Crippen LogP contribution in [0.15, 0.2) is 12.4 Å². The molecule has 0 radical (unpaired) electrons. The Morgan fingerprint density at radius 3 is 0.909 bits per heavy atom. The topological polar surface area (TPSA) is 156 Å². The van der Waals surface area contributed by atoms with Crippen molar-refractivity contribution in [3.05, 3.63) is 12.4 Å². The van der Waals surface area contributed by atoms with Gasteiger partial charge in [-0.05, 0) is 0 Å². The summed E-state index contributed by atoms with van der Waals surface area (Å²) < 4.78 is 0. The summed E-state index contributed by atoms with van der Waals surface area (Å²) in [6.45, 7) is -2.46. The van der Waals surface area contributed by atoms with E-state index in [0.29, 0.717) is 0 Å². The molecule has 0 atom stereocenters. The molecule has 22 heavy (non-hydrogen) atoms. The molecule has 10 nitrogen and oxygen atoms in total. The van der Waals surface area contributed by atoms with Gasteiger partial charge in [0, 0.05) is 12.4 Å². The van der Waals surface area contributed by atoms with Crippen molar-refractivity contribution in [1.82, 2.24) is 9.80 Å². The molecular formula is C10H16K2N2O8. The van der Waals surface area contributed by atoms with Gasteiger partial charge in [-0.2, -0.15) is 0 Å². The van der Waals surface area contributed by atoms with Crippen LogP contribution < -0.4 is 0 Å². The molecule has 0 fully saturated rings. The SMILES string of the molecule is O=C(O)CN(C=CN(CC(=O)O)CC(=O)O)CC(=O)O.[KH].[KH]. The monoisotopic (exact) mass is 370 g/mol. The summed E-state index contributed by atoms with van der Waals surface area (Å²) in [7, 11) is 0. The third-order valence-electron chi connectivity index (χ3n) is 1.84. The molecule has 0 saturated carbocycles. The van der Waals surface area contributed by atoms with Crippen LogP contribution in [0, 0.1) is 0 Å². The van der Waals surface area contributed by atoms with E-state index < -0.39 is 50.1 Å². The van der Waals surface area contributed by atoms with Crippen LogP contribution in [0.5, 0.6) is 0 Å². The number of carboxylic acid groups (broad SMARTS) is 4. The average molecular weight is 370 g/mol. The number of carbonyl (C=O) groups is 4. The molecule has 0 rings (SSSR count). The average Bonchev–Trinajstić information content (AvgIpc) is 2.22. The summed E-state index contributed by atoms with van der Waals surface area (Å²) in [4.78, 5) is 43.9. The predicted molar refractivity (Wildman–Crippen MR) is 77.1 cm³/mol. The quantitative estimate of drug-likeness (QED) is 0.294. The van der Waals surface area contributed by atoms with Crippen molar-refractivity contribution in [3.8, 4) is 0 Å². The maximum absolute atomic E-state index is 10.5. The molecule has 0 unspecified atom stereocenters. The van der Waals surface area contributed by atoms with Crippen LogP contribution in [-0.2, 0) is 19.2 Å². The first-order chi connectivity index (χ1) is 9.20. The molecule has 0 bridgehead atoms. The van der Waals surface area contributed by atoms with Crippen molar-refractivity contribution >= 4 is 127 Å². The molecule has 12 heteroatoms. The zero-order valence-electron chi connectivity index (χ0n) is 10.3. The maximum atomic E-state index is 10.5. The zero-order chi connectivity index (χ0) is 15.7. The normalized spacial score (nSPS) is 9.27. The number of rotatable bonds is 10. The van der Waals surface area contributed by atoms with Gasteiger partial charge in [0.1, 0.15) is 26.2 Å². The standard InChI is InChI=1S/C10H14N2O8.2K.2H/c13-7(14)3-11(4-8(15)16)1-2-12(5-9(17)18)6-10(19)20;;;;/h1-2H,3-6H2,(H,13,14)(H,15,16)(H,17,18)(H,19,20);;;;. The summed E-state index contributed by atoms with van der Waals surface area (Å²) in [5.41, 5.74) is 0. The molecule has 0 saturated heterocycles. The van der Waals surface area contributed by atoms with E-state index in [0.717, 1.165) is 22.2 Å². The Kier molecular flexibility index (Phi) is 18.7. The minimum absolute atomic E-state index is 0. The second-order valence-electron chi connectivity index (χ2n) is 3.68. The second-order valence-corrected chi connectivity index (χ2v) is 3.68. The van der Waals surface area contributed by atoms with Crippen LogP contribution in [0.4, 0.5) is 0 Å². The molecule has 4 N–H and O–H groups in total. The van der Waals surface area contributed by atoms with Crippen molar-refractivity contribution < 1.29 is 39.6 Å². The van der Waals surface area contributed by atoms with E-state index in [1.54, 1.807) is 0 Å². The van der Waals surface area contributed by atoms with Gasteiger partial charge in [-0.15, -0.1) is 0 Å². The van der Waals surface area contributed by atoms with Gasteiger partial charge < -0.3 is 30.2 Å².